The quantitative estimate of drug-likeness (QED) is 0.143. The summed E-state index contributed by atoms with van der Waals surface area (Å²) in [6, 6.07) is 88.3. The van der Waals surface area contributed by atoms with Crippen molar-refractivity contribution in [1.82, 2.24) is 39.0 Å². The Labute approximate surface area is 426 Å². The number of rotatable bonds is 9. The molecule has 14 rings (SSSR count). The number of fused-ring (bicyclic) bond motifs is 6. The molecule has 8 heteroatoms. The van der Waals surface area contributed by atoms with Crippen molar-refractivity contribution in [1.29, 1.82) is 0 Å². The average molecular weight is 947 g/mol. The predicted octanol–water partition coefficient (Wildman–Crippen LogP) is 15.9. The van der Waals surface area contributed by atoms with Crippen LogP contribution in [0.1, 0.15) is 0 Å². The summed E-state index contributed by atoms with van der Waals surface area (Å²) in [5, 5.41) is 4.49. The van der Waals surface area contributed by atoms with E-state index in [9.17, 15) is 0 Å². The Hall–Kier alpha value is -10.2. The van der Waals surface area contributed by atoms with Crippen molar-refractivity contribution >= 4 is 43.6 Å². The van der Waals surface area contributed by atoms with E-state index < -0.39 is 0 Å². The lowest BCUT2D eigenvalue weighted by atomic mass is 9.96. The van der Waals surface area contributed by atoms with Gasteiger partial charge >= 0.3 is 0 Å². The van der Waals surface area contributed by atoms with Crippen LogP contribution in [0.4, 0.5) is 0 Å². The van der Waals surface area contributed by atoms with Crippen LogP contribution in [0.25, 0.3) is 134 Å². The number of benzene rings is 10. The summed E-state index contributed by atoms with van der Waals surface area (Å²) >= 11 is 0. The highest BCUT2D eigenvalue weighted by molar-refractivity contribution is 6.16. The van der Waals surface area contributed by atoms with E-state index in [1.807, 2.05) is 97.1 Å². The van der Waals surface area contributed by atoms with Crippen LogP contribution in [0.15, 0.2) is 255 Å². The maximum Gasteiger partial charge on any atom is 0.166 e. The molecular formula is C66H42N8. The molecule has 0 amide bonds. The summed E-state index contributed by atoms with van der Waals surface area (Å²) in [5.41, 5.74) is 13.9. The Kier molecular flexibility index (Phi) is 10.3. The van der Waals surface area contributed by atoms with Crippen LogP contribution >= 0.6 is 0 Å². The number of hydrogen-bond donors (Lipinski definition) is 0. The predicted molar refractivity (Wildman–Crippen MR) is 300 cm³/mol. The summed E-state index contributed by atoms with van der Waals surface area (Å²) in [7, 11) is 0. The molecule has 14 aromatic rings. The van der Waals surface area contributed by atoms with Crippen molar-refractivity contribution < 1.29 is 0 Å². The third kappa shape index (κ3) is 7.40. The SMILES string of the molecule is c1ccc(-c2nc(-c3ccccc3)nc(-c3ccc4c(c3)c3ccccc3n4-c3ccc(-c4cccc5c4c4ccccc4n5-c4ccccc4)cc3-c3nc(-c4ccccc4)nc(-c4ccccc4)n3)n2)cc1. The minimum absolute atomic E-state index is 0.558. The van der Waals surface area contributed by atoms with Gasteiger partial charge in [0.15, 0.2) is 34.9 Å². The Balaban J connectivity index is 1.02. The van der Waals surface area contributed by atoms with Crippen LogP contribution < -0.4 is 0 Å². The molecule has 0 saturated carbocycles. The van der Waals surface area contributed by atoms with Gasteiger partial charge in [-0.25, -0.2) is 29.9 Å². The molecule has 0 fully saturated rings. The maximum absolute atomic E-state index is 5.38. The summed E-state index contributed by atoms with van der Waals surface area (Å²) < 4.78 is 4.71. The molecule has 0 saturated heterocycles. The smallest absolute Gasteiger partial charge is 0.166 e. The molecule has 4 heterocycles. The second-order valence-electron chi connectivity index (χ2n) is 18.3. The van der Waals surface area contributed by atoms with Crippen molar-refractivity contribution in [2.75, 3.05) is 0 Å². The molecular weight excluding hydrogens is 905 g/mol. The third-order valence-corrected chi connectivity index (χ3v) is 13.8. The Bertz CT molecular complexity index is 4290. The summed E-state index contributed by atoms with van der Waals surface area (Å²) in [6.45, 7) is 0. The molecule has 346 valence electrons. The minimum Gasteiger partial charge on any atom is -0.309 e. The van der Waals surface area contributed by atoms with Crippen molar-refractivity contribution in [3.05, 3.63) is 255 Å². The van der Waals surface area contributed by atoms with Gasteiger partial charge in [-0.3, -0.25) is 0 Å². The number of hydrogen-bond acceptors (Lipinski definition) is 6. The second-order valence-corrected chi connectivity index (χ2v) is 18.3. The molecule has 4 aromatic heterocycles. The molecule has 0 radical (unpaired) electrons. The largest absolute Gasteiger partial charge is 0.309 e. The van der Waals surface area contributed by atoms with Crippen LogP contribution in [0.5, 0.6) is 0 Å². The molecule has 0 atom stereocenters. The van der Waals surface area contributed by atoms with Gasteiger partial charge in [0.2, 0.25) is 0 Å². The van der Waals surface area contributed by atoms with Gasteiger partial charge in [0, 0.05) is 60.6 Å². The van der Waals surface area contributed by atoms with Gasteiger partial charge in [0.1, 0.15) is 0 Å². The Morgan fingerprint density at radius 2 is 0.649 bits per heavy atom. The van der Waals surface area contributed by atoms with Crippen LogP contribution in [0, 0.1) is 0 Å². The first-order valence-corrected chi connectivity index (χ1v) is 24.7. The van der Waals surface area contributed by atoms with E-state index in [0.717, 1.165) is 88.7 Å². The number of aromatic nitrogens is 8. The average Bonchev–Trinajstić information content (AvgIpc) is 4.01. The molecule has 0 aliphatic carbocycles. The second kappa shape index (κ2) is 17.9. The number of nitrogens with zero attached hydrogens (tertiary/aromatic N) is 8. The summed E-state index contributed by atoms with van der Waals surface area (Å²) in [4.78, 5) is 31.1. The van der Waals surface area contributed by atoms with Gasteiger partial charge in [-0.15, -0.1) is 0 Å². The van der Waals surface area contributed by atoms with Gasteiger partial charge in [-0.1, -0.05) is 194 Å². The highest BCUT2D eigenvalue weighted by Crippen LogP contribution is 2.43. The molecule has 74 heavy (non-hydrogen) atoms. The maximum atomic E-state index is 5.38. The topological polar surface area (TPSA) is 87.2 Å². The van der Waals surface area contributed by atoms with Crippen molar-refractivity contribution in [3.63, 3.8) is 0 Å². The molecule has 8 nitrogen and oxygen atoms in total. The standard InChI is InChI=1S/C66H42N8/c1-6-21-43(22-7-1)61-67-62(44-23-8-2-9-24-44)70-65(69-61)48-38-40-57-53(42-48)51-31-16-18-34-55(51)74(57)58-39-37-47(50-33-20-36-59-60(50)52-32-17-19-35-56(52)73(59)49-29-14-5-15-30-49)41-54(58)66-71-63(45-25-10-3-11-26-45)68-64(72-66)46-27-12-4-13-28-46/h1-42H. The van der Waals surface area contributed by atoms with E-state index in [1.54, 1.807) is 0 Å². The fourth-order valence-electron chi connectivity index (χ4n) is 10.4. The first kappa shape index (κ1) is 42.7. The number of para-hydroxylation sites is 3. The molecule has 0 aliphatic rings. The highest BCUT2D eigenvalue weighted by atomic mass is 15.1. The lowest BCUT2D eigenvalue weighted by Gasteiger charge is -2.17. The van der Waals surface area contributed by atoms with Gasteiger partial charge in [0.05, 0.1) is 27.8 Å². The van der Waals surface area contributed by atoms with Gasteiger partial charge in [-0.2, -0.15) is 0 Å². The molecule has 0 aliphatic heterocycles. The van der Waals surface area contributed by atoms with E-state index in [1.165, 1.54) is 10.8 Å². The first-order valence-electron chi connectivity index (χ1n) is 24.7. The van der Waals surface area contributed by atoms with Crippen molar-refractivity contribution in [2.24, 2.45) is 0 Å². The first-order chi connectivity index (χ1) is 36.7. The van der Waals surface area contributed by atoms with E-state index in [4.69, 9.17) is 29.9 Å². The minimum atomic E-state index is 0.558. The van der Waals surface area contributed by atoms with Crippen LogP contribution in [0.2, 0.25) is 0 Å². The highest BCUT2D eigenvalue weighted by Gasteiger charge is 2.23. The Morgan fingerprint density at radius 1 is 0.230 bits per heavy atom. The monoisotopic (exact) mass is 946 g/mol. The zero-order valence-corrected chi connectivity index (χ0v) is 39.8. The summed E-state index contributed by atoms with van der Waals surface area (Å²) in [6.07, 6.45) is 0. The molecule has 0 unspecified atom stereocenters. The summed E-state index contributed by atoms with van der Waals surface area (Å²) in [5.74, 6) is 3.56. The van der Waals surface area contributed by atoms with E-state index in [-0.39, 0.29) is 0 Å². The Morgan fingerprint density at radius 3 is 1.20 bits per heavy atom. The van der Waals surface area contributed by atoms with Crippen LogP contribution in [-0.2, 0) is 0 Å². The van der Waals surface area contributed by atoms with Crippen LogP contribution in [0.3, 0.4) is 0 Å². The zero-order valence-electron chi connectivity index (χ0n) is 39.8. The van der Waals surface area contributed by atoms with Crippen molar-refractivity contribution in [3.8, 4) is 90.8 Å². The van der Waals surface area contributed by atoms with Gasteiger partial charge in [-0.05, 0) is 71.8 Å². The van der Waals surface area contributed by atoms with Crippen LogP contribution in [-0.4, -0.2) is 39.0 Å². The fraction of sp³-hybridized carbons (Fsp3) is 0. The van der Waals surface area contributed by atoms with Gasteiger partial charge < -0.3 is 9.13 Å². The molecule has 0 spiro atoms. The molecule has 0 bridgehead atoms. The fourth-order valence-corrected chi connectivity index (χ4v) is 10.4. The zero-order chi connectivity index (χ0) is 49.0. The van der Waals surface area contributed by atoms with E-state index in [0.29, 0.717) is 34.9 Å². The van der Waals surface area contributed by atoms with Crippen molar-refractivity contribution in [2.45, 2.75) is 0 Å². The normalized spacial score (nSPS) is 11.5. The molecule has 0 N–H and O–H groups in total. The lowest BCUT2D eigenvalue weighted by molar-refractivity contribution is 1.06. The van der Waals surface area contributed by atoms with Gasteiger partial charge in [0.25, 0.3) is 0 Å². The molecule has 10 aromatic carbocycles. The van der Waals surface area contributed by atoms with E-state index >= 15 is 0 Å². The van der Waals surface area contributed by atoms with E-state index in [2.05, 4.69) is 167 Å². The third-order valence-electron chi connectivity index (χ3n) is 13.8. The lowest BCUT2D eigenvalue weighted by Crippen LogP contribution is -2.04.